The summed E-state index contributed by atoms with van der Waals surface area (Å²) in [5.74, 6) is -0.645. The molecule has 182 valence electrons. The molecular weight excluding hydrogens is 440 g/mol. The molecule has 0 bridgehead atoms. The molecule has 3 amide bonds. The average Bonchev–Trinajstić information content (AvgIpc) is 3.46. The molecule has 2 heterocycles. The van der Waals surface area contributed by atoms with E-state index in [2.05, 4.69) is 10.6 Å². The summed E-state index contributed by atoms with van der Waals surface area (Å²) < 4.78 is 1.91. The number of anilines is 1. The van der Waals surface area contributed by atoms with Crippen LogP contribution in [0.25, 0.3) is 10.9 Å². The second-order valence-corrected chi connectivity index (χ2v) is 10.00. The number of aromatic nitrogens is 1. The lowest BCUT2D eigenvalue weighted by molar-refractivity contribution is -0.134. The first kappa shape index (κ1) is 23.1. The summed E-state index contributed by atoms with van der Waals surface area (Å²) in [5, 5.41) is 6.93. The molecule has 0 spiro atoms. The molecule has 35 heavy (non-hydrogen) atoms. The Kier molecular flexibility index (Phi) is 5.87. The molecule has 2 aliphatic rings. The van der Waals surface area contributed by atoms with Crippen LogP contribution in [0, 0.1) is 0 Å². The van der Waals surface area contributed by atoms with E-state index in [0.717, 1.165) is 42.1 Å². The Balaban J connectivity index is 1.68. The first-order valence-electron chi connectivity index (χ1n) is 12.4. The van der Waals surface area contributed by atoms with Crippen molar-refractivity contribution < 1.29 is 14.4 Å². The molecular formula is C28H32N4O3. The Bertz CT molecular complexity index is 1290. The zero-order valence-corrected chi connectivity index (χ0v) is 20.5. The van der Waals surface area contributed by atoms with Crippen LogP contribution < -0.4 is 10.6 Å². The van der Waals surface area contributed by atoms with Crippen molar-refractivity contribution >= 4 is 34.3 Å². The second kappa shape index (κ2) is 8.87. The summed E-state index contributed by atoms with van der Waals surface area (Å²) in [4.78, 5) is 42.1. The largest absolute Gasteiger partial charge is 0.351 e. The topological polar surface area (TPSA) is 83.4 Å². The van der Waals surface area contributed by atoms with Gasteiger partial charge in [-0.3, -0.25) is 14.4 Å². The van der Waals surface area contributed by atoms with E-state index in [1.165, 1.54) is 6.92 Å². The van der Waals surface area contributed by atoms with Crippen molar-refractivity contribution in [3.63, 3.8) is 0 Å². The molecule has 1 aliphatic carbocycles. The summed E-state index contributed by atoms with van der Waals surface area (Å²) in [5.41, 5.74) is 1.58. The van der Waals surface area contributed by atoms with Crippen LogP contribution >= 0.6 is 0 Å². The van der Waals surface area contributed by atoms with Gasteiger partial charge in [0.1, 0.15) is 11.2 Å². The van der Waals surface area contributed by atoms with E-state index < -0.39 is 5.54 Å². The number of amides is 3. The van der Waals surface area contributed by atoms with Gasteiger partial charge in [0.05, 0.1) is 23.8 Å². The molecule has 1 aliphatic heterocycles. The van der Waals surface area contributed by atoms with Gasteiger partial charge in [0, 0.05) is 18.4 Å². The maximum atomic E-state index is 14.3. The normalized spacial score (nSPS) is 21.1. The fourth-order valence-electron chi connectivity index (χ4n) is 5.79. The summed E-state index contributed by atoms with van der Waals surface area (Å²) in [6.07, 6.45) is 4.15. The third-order valence-electron chi connectivity index (χ3n) is 7.54. The van der Waals surface area contributed by atoms with Gasteiger partial charge in [-0.2, -0.15) is 0 Å². The number of nitrogens with one attached hydrogen (secondary N) is 2. The summed E-state index contributed by atoms with van der Waals surface area (Å²) in [7, 11) is 0. The van der Waals surface area contributed by atoms with Crippen LogP contribution in [0.15, 0.2) is 54.6 Å². The Morgan fingerprint density at radius 2 is 1.69 bits per heavy atom. The highest BCUT2D eigenvalue weighted by Gasteiger charge is 2.51. The molecule has 0 radical (unpaired) electrons. The number of benzene rings is 2. The minimum Gasteiger partial charge on any atom is -0.351 e. The minimum atomic E-state index is -1.11. The van der Waals surface area contributed by atoms with Gasteiger partial charge in [0.2, 0.25) is 11.8 Å². The van der Waals surface area contributed by atoms with E-state index in [4.69, 9.17) is 0 Å². The highest BCUT2D eigenvalue weighted by molar-refractivity contribution is 6.14. The Hall–Kier alpha value is -3.61. The summed E-state index contributed by atoms with van der Waals surface area (Å²) in [6, 6.07) is 17.2. The molecule has 3 aromatic rings. The third kappa shape index (κ3) is 3.89. The van der Waals surface area contributed by atoms with Crippen LogP contribution in [0.1, 0.15) is 68.5 Å². The predicted octanol–water partition coefficient (Wildman–Crippen LogP) is 4.63. The fraction of sp³-hybridized carbons (Fsp3) is 0.393. The SMILES string of the molecule is CC(=O)Nc1c2n(c3ccccc13)CC(C)(C(=O)NC1CCCC1)N(C(C)c1ccccc1)C2=O. The maximum absolute atomic E-state index is 14.3. The molecule has 2 unspecified atom stereocenters. The molecule has 1 aromatic heterocycles. The van der Waals surface area contributed by atoms with Gasteiger partial charge in [0.15, 0.2) is 0 Å². The van der Waals surface area contributed by atoms with Gasteiger partial charge >= 0.3 is 0 Å². The molecule has 2 atom stereocenters. The molecule has 0 saturated heterocycles. The smallest absolute Gasteiger partial charge is 0.274 e. The Morgan fingerprint density at radius 3 is 2.37 bits per heavy atom. The van der Waals surface area contributed by atoms with Crippen molar-refractivity contribution in [1.82, 2.24) is 14.8 Å². The lowest BCUT2D eigenvalue weighted by Gasteiger charge is -2.47. The monoisotopic (exact) mass is 472 g/mol. The molecule has 5 rings (SSSR count). The predicted molar refractivity (Wildman–Crippen MR) is 136 cm³/mol. The molecule has 7 heteroatoms. The van der Waals surface area contributed by atoms with Crippen molar-refractivity contribution in [2.24, 2.45) is 0 Å². The van der Waals surface area contributed by atoms with Crippen LogP contribution in [-0.2, 0) is 16.1 Å². The molecule has 1 fully saturated rings. The van der Waals surface area contributed by atoms with Gasteiger partial charge in [-0.1, -0.05) is 61.4 Å². The summed E-state index contributed by atoms with van der Waals surface area (Å²) in [6.45, 7) is 5.56. The van der Waals surface area contributed by atoms with Crippen LogP contribution in [-0.4, -0.2) is 38.8 Å². The Morgan fingerprint density at radius 1 is 1.03 bits per heavy atom. The third-order valence-corrected chi connectivity index (χ3v) is 7.54. The van der Waals surface area contributed by atoms with E-state index in [1.54, 1.807) is 4.90 Å². The number of rotatable bonds is 5. The second-order valence-electron chi connectivity index (χ2n) is 10.00. The van der Waals surface area contributed by atoms with Crippen molar-refractivity contribution in [1.29, 1.82) is 0 Å². The van der Waals surface area contributed by atoms with Crippen LogP contribution in [0.5, 0.6) is 0 Å². The highest BCUT2D eigenvalue weighted by Crippen LogP contribution is 2.42. The number of nitrogens with zero attached hydrogens (tertiary/aromatic N) is 2. The fourth-order valence-corrected chi connectivity index (χ4v) is 5.79. The van der Waals surface area contributed by atoms with Crippen molar-refractivity contribution in [2.75, 3.05) is 5.32 Å². The highest BCUT2D eigenvalue weighted by atomic mass is 16.2. The van der Waals surface area contributed by atoms with E-state index in [9.17, 15) is 14.4 Å². The number of hydrogen-bond acceptors (Lipinski definition) is 3. The first-order valence-corrected chi connectivity index (χ1v) is 12.4. The van der Waals surface area contributed by atoms with Crippen molar-refractivity contribution in [3.8, 4) is 0 Å². The van der Waals surface area contributed by atoms with Crippen LogP contribution in [0.2, 0.25) is 0 Å². The number of para-hydroxylation sites is 1. The van der Waals surface area contributed by atoms with E-state index in [1.807, 2.05) is 73.0 Å². The first-order chi connectivity index (χ1) is 16.8. The zero-order chi connectivity index (χ0) is 24.7. The molecule has 2 N–H and O–H groups in total. The Labute approximate surface area is 205 Å². The van der Waals surface area contributed by atoms with Gasteiger partial charge in [-0.15, -0.1) is 0 Å². The van der Waals surface area contributed by atoms with Gasteiger partial charge in [-0.25, -0.2) is 0 Å². The average molecular weight is 473 g/mol. The van der Waals surface area contributed by atoms with Crippen molar-refractivity contribution in [3.05, 3.63) is 65.9 Å². The van der Waals surface area contributed by atoms with Gasteiger partial charge in [0.25, 0.3) is 5.91 Å². The minimum absolute atomic E-state index is 0.134. The number of fused-ring (bicyclic) bond motifs is 3. The maximum Gasteiger partial charge on any atom is 0.274 e. The van der Waals surface area contributed by atoms with Gasteiger partial charge < -0.3 is 20.1 Å². The standard InChI is InChI=1S/C28H32N4O3/c1-18(20-11-5-4-6-12-20)32-26(34)25-24(29-19(2)33)22-15-9-10-16-23(22)31(25)17-28(32,3)27(35)30-21-13-7-8-14-21/h4-6,9-12,15-16,18,21H,7-8,13-14,17H2,1-3H3,(H,29,33)(H,30,35). The molecule has 1 saturated carbocycles. The quantitative estimate of drug-likeness (QED) is 0.568. The summed E-state index contributed by atoms with van der Waals surface area (Å²) >= 11 is 0. The molecule has 7 nitrogen and oxygen atoms in total. The number of hydrogen-bond donors (Lipinski definition) is 2. The van der Waals surface area contributed by atoms with E-state index in [0.29, 0.717) is 17.9 Å². The van der Waals surface area contributed by atoms with Crippen LogP contribution in [0.3, 0.4) is 0 Å². The lowest BCUT2D eigenvalue weighted by atomic mass is 9.90. The van der Waals surface area contributed by atoms with E-state index >= 15 is 0 Å². The van der Waals surface area contributed by atoms with Crippen LogP contribution in [0.4, 0.5) is 5.69 Å². The number of carbonyl (C=O) groups is 3. The van der Waals surface area contributed by atoms with Gasteiger partial charge in [-0.05, 0) is 38.3 Å². The number of carbonyl (C=O) groups excluding carboxylic acids is 3. The van der Waals surface area contributed by atoms with E-state index in [-0.39, 0.29) is 29.8 Å². The zero-order valence-electron chi connectivity index (χ0n) is 20.5. The van der Waals surface area contributed by atoms with Crippen molar-refractivity contribution in [2.45, 2.75) is 70.6 Å². The molecule has 2 aromatic carbocycles. The lowest BCUT2D eigenvalue weighted by Crippen LogP contribution is -2.65.